The van der Waals surface area contributed by atoms with Crippen LogP contribution in [0.3, 0.4) is 0 Å². The number of hydrogen-bond acceptors (Lipinski definition) is 2. The summed E-state index contributed by atoms with van der Waals surface area (Å²) in [5.74, 6) is 0. The molecule has 8 rings (SSSR count). The van der Waals surface area contributed by atoms with Crippen LogP contribution in [-0.4, -0.2) is 4.98 Å². The Kier molecular flexibility index (Phi) is 2.34. The zero-order valence-electron chi connectivity index (χ0n) is 15.2. The van der Waals surface area contributed by atoms with Crippen molar-refractivity contribution in [3.05, 3.63) is 72.8 Å². The van der Waals surface area contributed by atoms with Crippen molar-refractivity contribution in [1.82, 2.24) is 4.98 Å². The molecule has 3 heterocycles. The van der Waals surface area contributed by atoms with Gasteiger partial charge in [0.1, 0.15) is 11.2 Å². The molecule has 0 atom stereocenters. The predicted molar refractivity (Wildman–Crippen MR) is 125 cm³/mol. The lowest BCUT2D eigenvalue weighted by Crippen LogP contribution is -1.77. The molecule has 134 valence electrons. The molecule has 0 saturated heterocycles. The van der Waals surface area contributed by atoms with Crippen LogP contribution < -0.4 is 0 Å². The number of aromatic amines is 1. The smallest absolute Gasteiger partial charge is 0.138 e. The zero-order valence-corrected chi connectivity index (χ0v) is 16.1. The van der Waals surface area contributed by atoms with Crippen LogP contribution in [0.4, 0.5) is 0 Å². The summed E-state index contributed by atoms with van der Waals surface area (Å²) >= 11 is 1.89. The minimum Gasteiger partial charge on any atom is -0.456 e. The lowest BCUT2D eigenvalue weighted by Gasteiger charge is -2.04. The fourth-order valence-electron chi connectivity index (χ4n) is 5.15. The average Bonchev–Trinajstić information content (AvgIpc) is 3.42. The van der Waals surface area contributed by atoms with Gasteiger partial charge in [-0.15, -0.1) is 11.3 Å². The molecule has 0 amide bonds. The van der Waals surface area contributed by atoms with Crippen LogP contribution >= 0.6 is 11.3 Å². The van der Waals surface area contributed by atoms with Gasteiger partial charge >= 0.3 is 0 Å². The number of para-hydroxylation sites is 1. The average molecular weight is 387 g/mol. The fraction of sp³-hybridized carbons (Fsp3) is 0. The molecule has 0 unspecified atom stereocenters. The van der Waals surface area contributed by atoms with E-state index in [0.29, 0.717) is 0 Å². The number of thiophene rings is 1. The quantitative estimate of drug-likeness (QED) is 0.261. The molecular weight excluding hydrogens is 374 g/mol. The van der Waals surface area contributed by atoms with E-state index in [2.05, 4.69) is 65.6 Å². The monoisotopic (exact) mass is 387 g/mol. The highest BCUT2D eigenvalue weighted by Gasteiger charge is 2.20. The van der Waals surface area contributed by atoms with Gasteiger partial charge in [-0.25, -0.2) is 0 Å². The first-order valence-electron chi connectivity index (χ1n) is 9.79. The third-order valence-electron chi connectivity index (χ3n) is 6.34. The molecule has 3 aromatic heterocycles. The fourth-order valence-corrected chi connectivity index (χ4v) is 6.36. The van der Waals surface area contributed by atoms with Crippen molar-refractivity contribution < 1.29 is 4.42 Å². The third-order valence-corrected chi connectivity index (χ3v) is 7.56. The Balaban J connectivity index is 1.70. The molecule has 0 fully saturated rings. The maximum Gasteiger partial charge on any atom is 0.138 e. The minimum atomic E-state index is 0.940. The number of aromatic nitrogens is 1. The third kappa shape index (κ3) is 1.61. The van der Waals surface area contributed by atoms with Crippen LogP contribution in [0.15, 0.2) is 77.2 Å². The van der Waals surface area contributed by atoms with Crippen LogP contribution in [0.2, 0.25) is 0 Å². The highest BCUT2D eigenvalue weighted by Crippen LogP contribution is 2.46. The van der Waals surface area contributed by atoms with Crippen molar-refractivity contribution >= 4 is 86.0 Å². The first kappa shape index (κ1) is 14.4. The van der Waals surface area contributed by atoms with Crippen molar-refractivity contribution in [2.45, 2.75) is 0 Å². The van der Waals surface area contributed by atoms with Crippen LogP contribution in [-0.2, 0) is 0 Å². The van der Waals surface area contributed by atoms with Crippen molar-refractivity contribution in [2.75, 3.05) is 0 Å². The van der Waals surface area contributed by atoms with Crippen molar-refractivity contribution in [1.29, 1.82) is 0 Å². The van der Waals surface area contributed by atoms with Crippen LogP contribution in [0.25, 0.3) is 74.7 Å². The topological polar surface area (TPSA) is 28.9 Å². The normalized spacial score (nSPS) is 12.8. The summed E-state index contributed by atoms with van der Waals surface area (Å²) < 4.78 is 8.91. The van der Waals surface area contributed by atoms with Crippen LogP contribution in [0, 0.1) is 0 Å². The molecule has 8 aromatic rings. The van der Waals surface area contributed by atoms with Gasteiger partial charge in [-0.2, -0.15) is 0 Å². The van der Waals surface area contributed by atoms with Gasteiger partial charge in [0.05, 0.1) is 10.9 Å². The van der Waals surface area contributed by atoms with Gasteiger partial charge in [-0.05, 0) is 29.7 Å². The number of furan rings is 1. The SMILES string of the molecule is c1ccc2c(c1)oc1cc3ccc4c5sc6ccccc6c5cc5[nH]c(c12)c3c54. The van der Waals surface area contributed by atoms with E-state index in [9.17, 15) is 0 Å². The second kappa shape index (κ2) is 4.70. The number of hydrogen-bond donors (Lipinski definition) is 1. The summed E-state index contributed by atoms with van der Waals surface area (Å²) in [4.78, 5) is 3.77. The summed E-state index contributed by atoms with van der Waals surface area (Å²) in [5, 5.41) is 10.2. The summed E-state index contributed by atoms with van der Waals surface area (Å²) in [6.45, 7) is 0. The Bertz CT molecular complexity index is 1910. The largest absolute Gasteiger partial charge is 0.456 e. The van der Waals surface area contributed by atoms with Gasteiger partial charge in [0.2, 0.25) is 0 Å². The van der Waals surface area contributed by atoms with Crippen molar-refractivity contribution in [2.24, 2.45) is 0 Å². The highest BCUT2D eigenvalue weighted by molar-refractivity contribution is 7.26. The van der Waals surface area contributed by atoms with Gasteiger partial charge in [0, 0.05) is 47.2 Å². The number of nitrogens with one attached hydrogen (secondary N) is 1. The van der Waals surface area contributed by atoms with Gasteiger partial charge in [0.15, 0.2) is 0 Å². The minimum absolute atomic E-state index is 0.940. The molecule has 29 heavy (non-hydrogen) atoms. The summed E-state index contributed by atoms with van der Waals surface area (Å²) in [5.41, 5.74) is 4.27. The number of fused-ring (bicyclic) bond motifs is 8. The lowest BCUT2D eigenvalue weighted by molar-refractivity contribution is 0.669. The molecule has 0 aliphatic rings. The molecule has 2 nitrogen and oxygen atoms in total. The Morgan fingerprint density at radius 2 is 1.52 bits per heavy atom. The molecule has 1 N–H and O–H groups in total. The van der Waals surface area contributed by atoms with E-state index >= 15 is 0 Å². The Hall–Kier alpha value is -3.56. The first-order chi connectivity index (χ1) is 14.4. The van der Waals surface area contributed by atoms with E-state index in [1.807, 2.05) is 23.5 Å². The maximum absolute atomic E-state index is 6.19. The van der Waals surface area contributed by atoms with Crippen molar-refractivity contribution in [3.8, 4) is 0 Å². The summed E-state index contributed by atoms with van der Waals surface area (Å²) in [7, 11) is 0. The van der Waals surface area contributed by atoms with Gasteiger partial charge < -0.3 is 9.40 Å². The van der Waals surface area contributed by atoms with Gasteiger partial charge in [-0.1, -0.05) is 48.5 Å². The standard InChI is InChI=1S/C26H13NOS/c1-3-7-19-15(6-1)24-20(28-19)11-13-9-10-16-23-18(27-25(24)22(13)23)12-17-14-5-2-4-8-21(14)29-26(16)17/h1-12,27H. The van der Waals surface area contributed by atoms with Crippen molar-refractivity contribution in [3.63, 3.8) is 0 Å². The maximum atomic E-state index is 6.19. The Morgan fingerprint density at radius 1 is 0.655 bits per heavy atom. The van der Waals surface area contributed by atoms with E-state index in [4.69, 9.17) is 4.42 Å². The molecule has 0 aliphatic carbocycles. The van der Waals surface area contributed by atoms with E-state index in [1.165, 1.54) is 63.5 Å². The molecule has 0 saturated carbocycles. The molecule has 0 spiro atoms. The molecule has 5 aromatic carbocycles. The second-order valence-corrected chi connectivity index (χ2v) is 8.89. The number of H-pyrrole nitrogens is 1. The predicted octanol–water partition coefficient (Wildman–Crippen LogP) is 8.18. The number of benzene rings is 5. The van der Waals surface area contributed by atoms with E-state index in [0.717, 1.165) is 11.2 Å². The summed E-state index contributed by atoms with van der Waals surface area (Å²) in [6, 6.07) is 26.1. The van der Waals surface area contributed by atoms with Crippen LogP contribution in [0.1, 0.15) is 0 Å². The van der Waals surface area contributed by atoms with E-state index in [1.54, 1.807) is 0 Å². The van der Waals surface area contributed by atoms with Crippen LogP contribution in [0.5, 0.6) is 0 Å². The first-order valence-corrected chi connectivity index (χ1v) is 10.6. The molecule has 0 radical (unpaired) electrons. The van der Waals surface area contributed by atoms with Gasteiger partial charge in [0.25, 0.3) is 0 Å². The zero-order chi connectivity index (χ0) is 18.7. The molecule has 0 aliphatic heterocycles. The van der Waals surface area contributed by atoms with E-state index < -0.39 is 0 Å². The molecule has 0 bridgehead atoms. The number of rotatable bonds is 0. The summed E-state index contributed by atoms with van der Waals surface area (Å²) in [6.07, 6.45) is 0. The Labute approximate surface area is 168 Å². The second-order valence-electron chi connectivity index (χ2n) is 7.83. The highest BCUT2D eigenvalue weighted by atomic mass is 32.1. The molecular formula is C26H13NOS. The lowest BCUT2D eigenvalue weighted by atomic mass is 9.98. The van der Waals surface area contributed by atoms with Gasteiger partial charge in [-0.3, -0.25) is 0 Å². The van der Waals surface area contributed by atoms with E-state index in [-0.39, 0.29) is 0 Å². The molecule has 3 heteroatoms. The Morgan fingerprint density at radius 3 is 2.48 bits per heavy atom.